The lowest BCUT2D eigenvalue weighted by atomic mass is 10.1. The number of amides is 2. The number of ketones is 1. The van der Waals surface area contributed by atoms with Crippen molar-refractivity contribution in [3.8, 4) is 0 Å². The fraction of sp³-hybridized carbons (Fsp3) is 0.500. The van der Waals surface area contributed by atoms with Crippen LogP contribution in [0.1, 0.15) is 39.2 Å². The minimum absolute atomic E-state index is 0.0572. The summed E-state index contributed by atoms with van der Waals surface area (Å²) in [4.78, 5) is 49.7. The molecule has 1 N–H and O–H groups in total. The van der Waals surface area contributed by atoms with E-state index in [2.05, 4.69) is 5.32 Å². The summed E-state index contributed by atoms with van der Waals surface area (Å²) in [6.45, 7) is 5.07. The molecule has 1 fully saturated rings. The van der Waals surface area contributed by atoms with Gasteiger partial charge in [-0.05, 0) is 39.2 Å². The summed E-state index contributed by atoms with van der Waals surface area (Å²) in [6, 6.07) is 8.29. The minimum Gasteiger partial charge on any atom is -0.458 e. The van der Waals surface area contributed by atoms with E-state index in [9.17, 15) is 19.2 Å². The fourth-order valence-corrected chi connectivity index (χ4v) is 2.79. The van der Waals surface area contributed by atoms with E-state index in [1.165, 1.54) is 4.90 Å². The van der Waals surface area contributed by atoms with E-state index in [0.717, 1.165) is 5.56 Å². The molecule has 2 amide bonds. The molecule has 2 rings (SSSR count). The molecule has 0 aliphatic carbocycles. The number of hydrogen-bond acceptors (Lipinski definition) is 6. The molecule has 1 atom stereocenters. The highest BCUT2D eigenvalue weighted by molar-refractivity contribution is 6.37. The third-order valence-electron chi connectivity index (χ3n) is 4.04. The average Bonchev–Trinajstić information content (AvgIpc) is 3.13. The van der Waals surface area contributed by atoms with Crippen molar-refractivity contribution in [2.75, 3.05) is 13.1 Å². The Bertz CT molecular complexity index is 726. The van der Waals surface area contributed by atoms with Crippen molar-refractivity contribution >= 4 is 23.8 Å². The monoisotopic (exact) mass is 390 g/mol. The fourth-order valence-electron chi connectivity index (χ4n) is 2.79. The first-order chi connectivity index (χ1) is 13.2. The molecule has 1 aliphatic rings. The van der Waals surface area contributed by atoms with Crippen LogP contribution < -0.4 is 5.32 Å². The van der Waals surface area contributed by atoms with Crippen molar-refractivity contribution in [1.29, 1.82) is 0 Å². The lowest BCUT2D eigenvalue weighted by Gasteiger charge is -2.27. The van der Waals surface area contributed by atoms with Crippen LogP contribution in [0.2, 0.25) is 0 Å². The maximum absolute atomic E-state index is 12.4. The molecule has 8 heteroatoms. The first-order valence-electron chi connectivity index (χ1n) is 9.18. The predicted molar refractivity (Wildman–Crippen MR) is 100 cm³/mol. The van der Waals surface area contributed by atoms with Crippen molar-refractivity contribution in [3.05, 3.63) is 35.9 Å². The molecule has 1 saturated heterocycles. The first kappa shape index (κ1) is 21.4. The van der Waals surface area contributed by atoms with Crippen LogP contribution in [-0.4, -0.2) is 53.4 Å². The summed E-state index contributed by atoms with van der Waals surface area (Å²) in [6.07, 6.45) is 0.255. The molecule has 152 valence electrons. The van der Waals surface area contributed by atoms with E-state index >= 15 is 0 Å². The van der Waals surface area contributed by atoms with Gasteiger partial charge in [0.15, 0.2) is 0 Å². The average molecular weight is 390 g/mol. The summed E-state index contributed by atoms with van der Waals surface area (Å²) in [5.74, 6) is -2.15. The second-order valence-electron chi connectivity index (χ2n) is 7.53. The molecule has 28 heavy (non-hydrogen) atoms. The molecule has 0 saturated carbocycles. The number of nitrogens with one attached hydrogen (secondary N) is 1. The number of likely N-dealkylation sites (tertiary alicyclic amines) is 1. The van der Waals surface area contributed by atoms with Gasteiger partial charge in [0.25, 0.3) is 5.91 Å². The van der Waals surface area contributed by atoms with Crippen molar-refractivity contribution in [1.82, 2.24) is 10.2 Å². The number of carbonyl (C=O) groups is 4. The number of alkyl carbamates (subject to hydrolysis) is 1. The van der Waals surface area contributed by atoms with Gasteiger partial charge in [-0.3, -0.25) is 9.59 Å². The maximum atomic E-state index is 12.4. The Morgan fingerprint density at radius 1 is 1.14 bits per heavy atom. The van der Waals surface area contributed by atoms with Gasteiger partial charge in [0, 0.05) is 6.54 Å². The molecule has 0 bridgehead atoms. The molecule has 0 radical (unpaired) electrons. The van der Waals surface area contributed by atoms with E-state index in [0.29, 0.717) is 19.4 Å². The number of nitrogens with zero attached hydrogens (tertiary/aromatic N) is 1. The largest absolute Gasteiger partial charge is 0.458 e. The van der Waals surface area contributed by atoms with Crippen LogP contribution in [0.3, 0.4) is 0 Å². The molecular weight excluding hydrogens is 364 g/mol. The van der Waals surface area contributed by atoms with Gasteiger partial charge in [0.2, 0.25) is 5.78 Å². The van der Waals surface area contributed by atoms with Gasteiger partial charge in [0.1, 0.15) is 18.2 Å². The van der Waals surface area contributed by atoms with Gasteiger partial charge >= 0.3 is 12.1 Å². The van der Waals surface area contributed by atoms with Crippen LogP contribution in [-0.2, 0) is 30.5 Å². The van der Waals surface area contributed by atoms with Crippen LogP contribution in [0.4, 0.5) is 4.79 Å². The topological polar surface area (TPSA) is 102 Å². The van der Waals surface area contributed by atoms with Crippen LogP contribution in [0.15, 0.2) is 30.3 Å². The number of hydrogen-bond donors (Lipinski definition) is 1. The second kappa shape index (κ2) is 9.34. The summed E-state index contributed by atoms with van der Waals surface area (Å²) in [5.41, 5.74) is 0.125. The van der Waals surface area contributed by atoms with E-state index in [4.69, 9.17) is 9.47 Å². The normalized spacial score (nSPS) is 16.4. The molecule has 0 unspecified atom stereocenters. The van der Waals surface area contributed by atoms with Crippen molar-refractivity contribution < 1.29 is 28.7 Å². The van der Waals surface area contributed by atoms with Crippen LogP contribution in [0.25, 0.3) is 0 Å². The molecule has 0 aromatic heterocycles. The predicted octanol–water partition coefficient (Wildman–Crippen LogP) is 1.81. The third-order valence-corrected chi connectivity index (χ3v) is 4.04. The number of ether oxygens (including phenoxy) is 2. The Morgan fingerprint density at radius 3 is 2.46 bits per heavy atom. The number of Topliss-reactive ketones (excluding diaryl/α,β-unsaturated/α-hetero) is 1. The van der Waals surface area contributed by atoms with Crippen molar-refractivity contribution in [2.45, 2.75) is 51.9 Å². The van der Waals surface area contributed by atoms with Crippen molar-refractivity contribution in [2.24, 2.45) is 0 Å². The first-order valence-corrected chi connectivity index (χ1v) is 9.18. The smallest absolute Gasteiger partial charge is 0.407 e. The van der Waals surface area contributed by atoms with Crippen LogP contribution in [0, 0.1) is 0 Å². The van der Waals surface area contributed by atoms with E-state index in [1.54, 1.807) is 32.9 Å². The summed E-state index contributed by atoms with van der Waals surface area (Å²) in [7, 11) is 0. The molecule has 8 nitrogen and oxygen atoms in total. The SMILES string of the molecule is CC(C)(C)OC(=O)[C@H]1CCCN1C(=O)C(=O)CNC(=O)OCc1ccccc1. The highest BCUT2D eigenvalue weighted by Crippen LogP contribution is 2.21. The van der Waals surface area contributed by atoms with Crippen molar-refractivity contribution in [3.63, 3.8) is 0 Å². The maximum Gasteiger partial charge on any atom is 0.407 e. The lowest BCUT2D eigenvalue weighted by Crippen LogP contribution is -2.48. The summed E-state index contributed by atoms with van der Waals surface area (Å²) in [5, 5.41) is 2.26. The van der Waals surface area contributed by atoms with Gasteiger partial charge < -0.3 is 19.7 Å². The molecule has 1 aliphatic heterocycles. The molecule has 0 spiro atoms. The Labute approximate surface area is 164 Å². The van der Waals surface area contributed by atoms with Gasteiger partial charge in [-0.1, -0.05) is 30.3 Å². The van der Waals surface area contributed by atoms with Crippen LogP contribution >= 0.6 is 0 Å². The highest BCUT2D eigenvalue weighted by atomic mass is 16.6. The zero-order chi connectivity index (χ0) is 20.7. The molecule has 1 aromatic carbocycles. The minimum atomic E-state index is -0.813. The van der Waals surface area contributed by atoms with E-state index < -0.39 is 41.9 Å². The lowest BCUT2D eigenvalue weighted by molar-refractivity contribution is -0.163. The third kappa shape index (κ3) is 6.37. The Hall–Kier alpha value is -2.90. The number of rotatable bonds is 6. The standard InChI is InChI=1S/C20H26N2O6/c1-20(2,3)28-18(25)15-10-7-11-22(15)17(24)16(23)12-21-19(26)27-13-14-8-5-4-6-9-14/h4-6,8-9,15H,7,10-13H2,1-3H3,(H,21,26)/t15-/m1/s1. The van der Waals surface area contributed by atoms with Gasteiger partial charge in [-0.25, -0.2) is 9.59 Å². The summed E-state index contributed by atoms with van der Waals surface area (Å²) >= 11 is 0. The zero-order valence-electron chi connectivity index (χ0n) is 16.4. The zero-order valence-corrected chi connectivity index (χ0v) is 16.4. The Morgan fingerprint density at radius 2 is 1.82 bits per heavy atom. The van der Waals surface area contributed by atoms with E-state index in [-0.39, 0.29) is 6.61 Å². The van der Waals surface area contributed by atoms with Crippen LogP contribution in [0.5, 0.6) is 0 Å². The molecule has 1 aromatic rings. The van der Waals surface area contributed by atoms with E-state index in [1.807, 2.05) is 18.2 Å². The number of carbonyl (C=O) groups excluding carboxylic acids is 4. The molecular formula is C20H26N2O6. The van der Waals surface area contributed by atoms with Gasteiger partial charge in [-0.15, -0.1) is 0 Å². The molecule has 1 heterocycles. The summed E-state index contributed by atoms with van der Waals surface area (Å²) < 4.78 is 10.3. The number of benzene rings is 1. The Balaban J connectivity index is 1.81. The second-order valence-corrected chi connectivity index (χ2v) is 7.53. The highest BCUT2D eigenvalue weighted by Gasteiger charge is 2.39. The number of esters is 1. The quantitative estimate of drug-likeness (QED) is 0.587. The van der Waals surface area contributed by atoms with Gasteiger partial charge in [0.05, 0.1) is 6.54 Å². The van der Waals surface area contributed by atoms with Gasteiger partial charge in [-0.2, -0.15) is 0 Å². The Kier molecular flexibility index (Phi) is 7.14.